The van der Waals surface area contributed by atoms with Crippen LogP contribution in [0.3, 0.4) is 0 Å². The van der Waals surface area contributed by atoms with Gasteiger partial charge in [0, 0.05) is 48.9 Å². The molecule has 0 atom stereocenters. The molecule has 0 bridgehead atoms. The van der Waals surface area contributed by atoms with Crippen molar-refractivity contribution in [3.8, 4) is 11.5 Å². The van der Waals surface area contributed by atoms with Crippen molar-refractivity contribution < 1.29 is 28.7 Å². The third-order valence-electron chi connectivity index (χ3n) is 6.90. The van der Waals surface area contributed by atoms with Gasteiger partial charge in [-0.2, -0.15) is 0 Å². The second kappa shape index (κ2) is 10.8. The average molecular weight is 526 g/mol. The first-order chi connectivity index (χ1) is 18.9. The number of hydrogen-bond acceptors (Lipinski definition) is 6. The quantitative estimate of drug-likeness (QED) is 0.282. The fourth-order valence-electron chi connectivity index (χ4n) is 4.69. The van der Waals surface area contributed by atoms with Crippen molar-refractivity contribution in [3.63, 3.8) is 0 Å². The molecule has 3 aromatic carbocycles. The molecule has 9 nitrogen and oxygen atoms in total. The van der Waals surface area contributed by atoms with Crippen LogP contribution in [0, 0.1) is 0 Å². The van der Waals surface area contributed by atoms with Gasteiger partial charge in [0.2, 0.25) is 0 Å². The number of carbonyl (C=O) groups excluding carboxylic acids is 4. The molecule has 1 aliphatic rings. The molecule has 0 spiro atoms. The number of nitrogens with zero attached hydrogens (tertiary/aromatic N) is 3. The van der Waals surface area contributed by atoms with Gasteiger partial charge in [0.1, 0.15) is 11.5 Å². The third-order valence-corrected chi connectivity index (χ3v) is 6.90. The number of Topliss-reactive ketones (excluding diaryl/α,β-unsaturated/α-hetero) is 1. The van der Waals surface area contributed by atoms with Gasteiger partial charge >= 0.3 is 0 Å². The Hall–Kier alpha value is -4.92. The Labute approximate surface area is 225 Å². The van der Waals surface area contributed by atoms with Gasteiger partial charge < -0.3 is 19.3 Å². The van der Waals surface area contributed by atoms with E-state index in [9.17, 15) is 19.2 Å². The Kier molecular flexibility index (Phi) is 7.14. The summed E-state index contributed by atoms with van der Waals surface area (Å²) in [4.78, 5) is 55.9. The van der Waals surface area contributed by atoms with E-state index in [1.165, 1.54) is 15.7 Å². The number of fused-ring (bicyclic) bond motifs is 1. The van der Waals surface area contributed by atoms with E-state index in [-0.39, 0.29) is 30.5 Å². The first-order valence-corrected chi connectivity index (χ1v) is 12.5. The normalized spacial score (nSPS) is 13.3. The van der Waals surface area contributed by atoms with Crippen LogP contribution in [0.1, 0.15) is 31.1 Å². The van der Waals surface area contributed by atoms with E-state index in [4.69, 9.17) is 9.47 Å². The van der Waals surface area contributed by atoms with Gasteiger partial charge in [-0.1, -0.05) is 18.2 Å². The van der Waals surface area contributed by atoms with Gasteiger partial charge in [-0.25, -0.2) is 0 Å². The molecule has 0 radical (unpaired) electrons. The topological polar surface area (TPSA) is 98.1 Å². The van der Waals surface area contributed by atoms with E-state index >= 15 is 0 Å². The third kappa shape index (κ3) is 4.98. The number of amides is 2. The Bertz CT molecular complexity index is 1550. The number of ether oxygens (including phenoxy) is 2. The highest BCUT2D eigenvalue weighted by Gasteiger charge is 2.31. The SMILES string of the molecule is COc1ccc(C(=O)N2CCN(C(=O)C(=O)c3cn(C(=O)c4ccc(OC)cc4)c4ccccc34)CC2)cc1. The zero-order chi connectivity index (χ0) is 27.5. The maximum atomic E-state index is 13.4. The molecule has 198 valence electrons. The second-order valence-electron chi connectivity index (χ2n) is 9.11. The predicted octanol–water partition coefficient (Wildman–Crippen LogP) is 3.51. The van der Waals surface area contributed by atoms with E-state index in [2.05, 4.69) is 0 Å². The Morgan fingerprint density at radius 2 is 1.15 bits per heavy atom. The van der Waals surface area contributed by atoms with Gasteiger partial charge in [-0.15, -0.1) is 0 Å². The molecule has 39 heavy (non-hydrogen) atoms. The largest absolute Gasteiger partial charge is 0.497 e. The number of para-hydroxylation sites is 1. The summed E-state index contributed by atoms with van der Waals surface area (Å²) in [5.41, 5.74) is 1.64. The minimum Gasteiger partial charge on any atom is -0.497 e. The zero-order valence-electron chi connectivity index (χ0n) is 21.6. The van der Waals surface area contributed by atoms with Crippen molar-refractivity contribution in [2.75, 3.05) is 40.4 Å². The smallest absolute Gasteiger partial charge is 0.295 e. The Morgan fingerprint density at radius 1 is 0.641 bits per heavy atom. The summed E-state index contributed by atoms with van der Waals surface area (Å²) in [7, 11) is 3.11. The lowest BCUT2D eigenvalue weighted by molar-refractivity contribution is -0.127. The summed E-state index contributed by atoms with van der Waals surface area (Å²) in [5.74, 6) is -0.542. The van der Waals surface area contributed by atoms with E-state index in [0.717, 1.165) is 0 Å². The number of ketones is 1. The predicted molar refractivity (Wildman–Crippen MR) is 144 cm³/mol. The molecule has 2 heterocycles. The molecule has 1 fully saturated rings. The number of carbonyl (C=O) groups is 4. The lowest BCUT2D eigenvalue weighted by Crippen LogP contribution is -2.52. The summed E-state index contributed by atoms with van der Waals surface area (Å²) in [6.07, 6.45) is 1.43. The van der Waals surface area contributed by atoms with Crippen molar-refractivity contribution >= 4 is 34.4 Å². The number of hydrogen-bond donors (Lipinski definition) is 0. The molecule has 0 unspecified atom stereocenters. The standard InChI is InChI=1S/C30H27N3O6/c1-38-22-11-7-20(8-12-22)28(35)31-15-17-32(18-16-31)30(37)27(34)25-19-33(26-6-4-3-5-24(25)26)29(36)21-9-13-23(39-2)14-10-21/h3-14,19H,15-18H2,1-2H3. The molecule has 0 saturated carbocycles. The number of aromatic nitrogens is 1. The molecule has 5 rings (SSSR count). The molecule has 0 aliphatic carbocycles. The van der Waals surface area contributed by atoms with Crippen LogP contribution in [0.15, 0.2) is 79.0 Å². The highest BCUT2D eigenvalue weighted by molar-refractivity contribution is 6.45. The van der Waals surface area contributed by atoms with Crippen LogP contribution in [-0.2, 0) is 4.79 Å². The number of rotatable bonds is 6. The molecular formula is C30H27N3O6. The Balaban J connectivity index is 1.32. The van der Waals surface area contributed by atoms with Gasteiger partial charge in [-0.3, -0.25) is 23.7 Å². The number of benzene rings is 3. The summed E-state index contributed by atoms with van der Waals surface area (Å²) < 4.78 is 11.7. The van der Waals surface area contributed by atoms with Gasteiger partial charge in [0.25, 0.3) is 23.5 Å². The molecule has 1 aromatic heterocycles. The lowest BCUT2D eigenvalue weighted by atomic mass is 10.1. The van der Waals surface area contributed by atoms with Crippen LogP contribution in [0.5, 0.6) is 11.5 Å². The first kappa shape index (κ1) is 25.7. The molecule has 9 heteroatoms. The van der Waals surface area contributed by atoms with Crippen LogP contribution in [0.2, 0.25) is 0 Å². The molecule has 1 aliphatic heterocycles. The van der Waals surface area contributed by atoms with E-state index in [1.807, 2.05) is 0 Å². The van der Waals surface area contributed by atoms with Crippen molar-refractivity contribution in [2.24, 2.45) is 0 Å². The molecule has 2 amide bonds. The van der Waals surface area contributed by atoms with E-state index in [0.29, 0.717) is 46.6 Å². The number of methoxy groups -OCH3 is 2. The highest BCUT2D eigenvalue weighted by Crippen LogP contribution is 2.25. The zero-order valence-corrected chi connectivity index (χ0v) is 21.6. The summed E-state index contributed by atoms with van der Waals surface area (Å²) in [6.45, 7) is 1.08. The van der Waals surface area contributed by atoms with Crippen LogP contribution in [-0.4, -0.2) is 78.3 Å². The van der Waals surface area contributed by atoms with Crippen molar-refractivity contribution in [1.82, 2.24) is 14.4 Å². The van der Waals surface area contributed by atoms with E-state index in [1.54, 1.807) is 91.9 Å². The van der Waals surface area contributed by atoms with Crippen molar-refractivity contribution in [1.29, 1.82) is 0 Å². The Morgan fingerprint density at radius 3 is 1.72 bits per heavy atom. The molecule has 0 N–H and O–H groups in total. The molecule has 4 aromatic rings. The maximum absolute atomic E-state index is 13.4. The second-order valence-corrected chi connectivity index (χ2v) is 9.11. The fraction of sp³-hybridized carbons (Fsp3) is 0.200. The summed E-state index contributed by atoms with van der Waals surface area (Å²) in [5, 5.41) is 0.519. The lowest BCUT2D eigenvalue weighted by Gasteiger charge is -2.34. The monoisotopic (exact) mass is 525 g/mol. The van der Waals surface area contributed by atoms with Gasteiger partial charge in [-0.05, 0) is 54.6 Å². The van der Waals surface area contributed by atoms with Crippen LogP contribution in [0.4, 0.5) is 0 Å². The van der Waals surface area contributed by atoms with Gasteiger partial charge in [0.05, 0.1) is 25.3 Å². The van der Waals surface area contributed by atoms with E-state index < -0.39 is 11.7 Å². The van der Waals surface area contributed by atoms with Crippen LogP contribution < -0.4 is 9.47 Å². The minimum atomic E-state index is -0.692. The summed E-state index contributed by atoms with van der Waals surface area (Å²) in [6, 6.07) is 20.5. The summed E-state index contributed by atoms with van der Waals surface area (Å²) >= 11 is 0. The maximum Gasteiger partial charge on any atom is 0.295 e. The molecule has 1 saturated heterocycles. The first-order valence-electron chi connectivity index (χ1n) is 12.5. The molecular weight excluding hydrogens is 498 g/mol. The van der Waals surface area contributed by atoms with Crippen molar-refractivity contribution in [2.45, 2.75) is 0 Å². The highest BCUT2D eigenvalue weighted by atomic mass is 16.5. The fourth-order valence-corrected chi connectivity index (χ4v) is 4.69. The average Bonchev–Trinajstić information content (AvgIpc) is 3.39. The number of piperazine rings is 1. The minimum absolute atomic E-state index is 0.142. The van der Waals surface area contributed by atoms with Crippen LogP contribution in [0.25, 0.3) is 10.9 Å². The van der Waals surface area contributed by atoms with Crippen LogP contribution >= 0.6 is 0 Å². The van der Waals surface area contributed by atoms with Crippen molar-refractivity contribution in [3.05, 3.63) is 95.7 Å². The van der Waals surface area contributed by atoms with Gasteiger partial charge in [0.15, 0.2) is 0 Å².